The van der Waals surface area contributed by atoms with Crippen LogP contribution in [-0.4, -0.2) is 18.2 Å². The van der Waals surface area contributed by atoms with Gasteiger partial charge in [-0.3, -0.25) is 0 Å². The fraction of sp³-hybridized carbons (Fsp3) is 0.200. The quantitative estimate of drug-likeness (QED) is 0.709. The topological polar surface area (TPSA) is 78.3 Å². The molecule has 0 amide bonds. The van der Waals surface area contributed by atoms with Crippen LogP contribution in [-0.2, 0) is 4.74 Å². The highest BCUT2D eigenvalue weighted by Gasteiger charge is 2.18. The Morgan fingerprint density at radius 1 is 1.82 bits per heavy atom. The molecule has 0 unspecified atom stereocenters. The van der Waals surface area contributed by atoms with Crippen molar-refractivity contribution in [2.75, 3.05) is 12.8 Å². The van der Waals surface area contributed by atoms with Crippen molar-refractivity contribution in [3.8, 4) is 0 Å². The van der Waals surface area contributed by atoms with Crippen LogP contribution >= 0.6 is 15.9 Å². The summed E-state index contributed by atoms with van der Waals surface area (Å²) in [6, 6.07) is 0. The van der Waals surface area contributed by atoms with E-state index in [-0.39, 0.29) is 11.6 Å². The van der Waals surface area contributed by atoms with Gasteiger partial charge in [-0.25, -0.2) is 4.79 Å². The van der Waals surface area contributed by atoms with Crippen molar-refractivity contribution < 1.29 is 14.1 Å². The number of nitrogens with zero attached hydrogens (tertiary/aromatic N) is 1. The Hall–Kier alpha value is -1.04. The lowest BCUT2D eigenvalue weighted by Crippen LogP contribution is -2.02. The highest BCUT2D eigenvalue weighted by atomic mass is 79.9. The van der Waals surface area contributed by atoms with Gasteiger partial charge in [0.15, 0.2) is 0 Å². The molecule has 0 spiro atoms. The molecule has 0 atom stereocenters. The smallest absolute Gasteiger partial charge is 0.361 e. The molecule has 0 saturated carbocycles. The summed E-state index contributed by atoms with van der Waals surface area (Å²) in [6.07, 6.45) is 0. The van der Waals surface area contributed by atoms with E-state index in [0.29, 0.717) is 4.47 Å². The predicted octanol–water partition coefficient (Wildman–Crippen LogP) is 0.806. The molecule has 11 heavy (non-hydrogen) atoms. The third kappa shape index (κ3) is 1.35. The Labute approximate surface area is 70.6 Å². The summed E-state index contributed by atoms with van der Waals surface area (Å²) in [6.45, 7) is 0. The zero-order valence-corrected chi connectivity index (χ0v) is 7.21. The molecule has 1 aromatic heterocycles. The zero-order chi connectivity index (χ0) is 8.43. The minimum atomic E-state index is -0.586. The van der Waals surface area contributed by atoms with Crippen LogP contribution in [0.3, 0.4) is 0 Å². The van der Waals surface area contributed by atoms with Crippen LogP contribution in [0.25, 0.3) is 0 Å². The number of rotatable bonds is 1. The zero-order valence-electron chi connectivity index (χ0n) is 5.63. The second-order valence-electron chi connectivity index (χ2n) is 1.70. The molecule has 0 fully saturated rings. The first-order valence-corrected chi connectivity index (χ1v) is 3.45. The van der Waals surface area contributed by atoms with E-state index in [4.69, 9.17) is 5.73 Å². The van der Waals surface area contributed by atoms with Gasteiger partial charge in [0.05, 0.1) is 7.11 Å². The van der Waals surface area contributed by atoms with Gasteiger partial charge in [-0.1, -0.05) is 5.16 Å². The maximum Gasteiger partial charge on any atom is 0.361 e. The number of nitrogens with two attached hydrogens (primary N) is 1. The Morgan fingerprint density at radius 3 is 2.82 bits per heavy atom. The van der Waals surface area contributed by atoms with Crippen LogP contribution in [0.2, 0.25) is 0 Å². The minimum absolute atomic E-state index is 0.0463. The molecule has 0 aliphatic carbocycles. The van der Waals surface area contributed by atoms with Crippen molar-refractivity contribution >= 4 is 27.8 Å². The summed E-state index contributed by atoms with van der Waals surface area (Å²) in [5.74, 6) is -0.525. The number of ether oxygens (including phenoxy) is 1. The number of hydrogen-bond donors (Lipinski definition) is 1. The van der Waals surface area contributed by atoms with Gasteiger partial charge in [-0.2, -0.15) is 0 Å². The van der Waals surface area contributed by atoms with E-state index in [2.05, 4.69) is 30.3 Å². The minimum Gasteiger partial charge on any atom is -0.464 e. The van der Waals surface area contributed by atoms with Gasteiger partial charge in [0.2, 0.25) is 11.6 Å². The van der Waals surface area contributed by atoms with Crippen molar-refractivity contribution in [3.63, 3.8) is 0 Å². The van der Waals surface area contributed by atoms with Gasteiger partial charge in [0.1, 0.15) is 4.47 Å². The molecule has 5 nitrogen and oxygen atoms in total. The van der Waals surface area contributed by atoms with Gasteiger partial charge in [0.25, 0.3) is 0 Å². The number of hydrogen-bond acceptors (Lipinski definition) is 5. The van der Waals surface area contributed by atoms with E-state index in [1.807, 2.05) is 0 Å². The van der Waals surface area contributed by atoms with Crippen molar-refractivity contribution in [1.82, 2.24) is 5.16 Å². The van der Waals surface area contributed by atoms with Crippen molar-refractivity contribution in [3.05, 3.63) is 10.2 Å². The SMILES string of the molecule is COC(=O)c1noc(N)c1Br. The van der Waals surface area contributed by atoms with E-state index in [1.165, 1.54) is 7.11 Å². The summed E-state index contributed by atoms with van der Waals surface area (Å²) >= 11 is 3.01. The molecular weight excluding hydrogens is 216 g/mol. The fourth-order valence-corrected chi connectivity index (χ4v) is 0.822. The first kappa shape index (κ1) is 8.06. The lowest BCUT2D eigenvalue weighted by atomic mass is 10.4. The van der Waals surface area contributed by atoms with E-state index < -0.39 is 5.97 Å². The van der Waals surface area contributed by atoms with Crippen LogP contribution in [0.4, 0.5) is 5.88 Å². The first-order chi connectivity index (χ1) is 5.16. The summed E-state index contributed by atoms with van der Waals surface area (Å²) in [7, 11) is 1.25. The van der Waals surface area contributed by atoms with E-state index >= 15 is 0 Å². The van der Waals surface area contributed by atoms with E-state index in [0.717, 1.165) is 0 Å². The number of carbonyl (C=O) groups is 1. The summed E-state index contributed by atoms with van der Waals surface area (Å²) < 4.78 is 9.21. The predicted molar refractivity (Wildman–Crippen MR) is 40.0 cm³/mol. The Kier molecular flexibility index (Phi) is 2.13. The Bertz CT molecular complexity index is 283. The van der Waals surface area contributed by atoms with Crippen LogP contribution in [0.5, 0.6) is 0 Å². The highest BCUT2D eigenvalue weighted by molar-refractivity contribution is 9.10. The lowest BCUT2D eigenvalue weighted by Gasteiger charge is -1.91. The number of aromatic nitrogens is 1. The second-order valence-corrected chi connectivity index (χ2v) is 2.49. The van der Waals surface area contributed by atoms with Gasteiger partial charge >= 0.3 is 5.97 Å². The maximum absolute atomic E-state index is 10.8. The molecule has 1 heterocycles. The third-order valence-electron chi connectivity index (χ3n) is 1.04. The molecule has 0 radical (unpaired) electrons. The summed E-state index contributed by atoms with van der Waals surface area (Å²) in [4.78, 5) is 10.8. The van der Waals surface area contributed by atoms with Gasteiger partial charge in [0, 0.05) is 0 Å². The number of methoxy groups -OCH3 is 1. The Balaban J connectivity index is 3.04. The molecule has 1 aromatic rings. The van der Waals surface area contributed by atoms with Crippen molar-refractivity contribution in [2.24, 2.45) is 0 Å². The fourth-order valence-electron chi connectivity index (χ4n) is 0.515. The molecule has 2 N–H and O–H groups in total. The monoisotopic (exact) mass is 220 g/mol. The third-order valence-corrected chi connectivity index (χ3v) is 1.80. The van der Waals surface area contributed by atoms with Crippen LogP contribution in [0, 0.1) is 0 Å². The highest BCUT2D eigenvalue weighted by Crippen LogP contribution is 2.23. The number of nitrogen functional groups attached to an aromatic ring is 1. The first-order valence-electron chi connectivity index (χ1n) is 2.65. The largest absolute Gasteiger partial charge is 0.464 e. The standard InChI is InChI=1S/C5H5BrN2O3/c1-10-5(9)3-2(6)4(7)11-8-3/h7H2,1H3. The van der Waals surface area contributed by atoms with Crippen molar-refractivity contribution in [1.29, 1.82) is 0 Å². The van der Waals surface area contributed by atoms with E-state index in [9.17, 15) is 4.79 Å². The molecule has 6 heteroatoms. The molecule has 0 aliphatic heterocycles. The molecule has 0 bridgehead atoms. The van der Waals surface area contributed by atoms with Crippen molar-refractivity contribution in [2.45, 2.75) is 0 Å². The second kappa shape index (κ2) is 2.91. The van der Waals surface area contributed by atoms with E-state index in [1.54, 1.807) is 0 Å². The molecule has 0 aromatic carbocycles. The summed E-state index contributed by atoms with van der Waals surface area (Å²) in [5, 5.41) is 3.36. The number of carbonyl (C=O) groups excluding carboxylic acids is 1. The molecule has 1 rings (SSSR count). The number of esters is 1. The van der Waals surface area contributed by atoms with Gasteiger partial charge in [-0.15, -0.1) is 0 Å². The molecular formula is C5H5BrN2O3. The van der Waals surface area contributed by atoms with Gasteiger partial charge in [-0.05, 0) is 15.9 Å². The molecule has 0 aliphatic rings. The van der Waals surface area contributed by atoms with Crippen LogP contribution in [0.1, 0.15) is 10.5 Å². The van der Waals surface area contributed by atoms with Crippen LogP contribution < -0.4 is 5.73 Å². The average Bonchev–Trinajstić information content (AvgIpc) is 2.32. The van der Waals surface area contributed by atoms with Gasteiger partial charge < -0.3 is 15.0 Å². The van der Waals surface area contributed by atoms with Crippen LogP contribution in [0.15, 0.2) is 9.00 Å². The Morgan fingerprint density at radius 2 is 2.45 bits per heavy atom. The normalized spacial score (nSPS) is 9.64. The summed E-state index contributed by atoms with van der Waals surface area (Å²) in [5.41, 5.74) is 5.30. The average molecular weight is 221 g/mol. The maximum atomic E-state index is 10.8. The molecule has 60 valence electrons. The molecule has 0 saturated heterocycles. The lowest BCUT2D eigenvalue weighted by molar-refractivity contribution is 0.0588. The number of halogens is 1. The number of anilines is 1.